The quantitative estimate of drug-likeness (QED) is 0.557. The Kier molecular flexibility index (Phi) is 6.16. The van der Waals surface area contributed by atoms with E-state index in [4.69, 9.17) is 4.74 Å². The van der Waals surface area contributed by atoms with Crippen LogP contribution in [0, 0.1) is 5.82 Å². The minimum Gasteiger partial charge on any atom is -0.490 e. The van der Waals surface area contributed by atoms with Crippen LogP contribution in [-0.4, -0.2) is 32.1 Å². The van der Waals surface area contributed by atoms with Crippen LogP contribution in [0.3, 0.4) is 0 Å². The van der Waals surface area contributed by atoms with E-state index in [-0.39, 0.29) is 5.82 Å². The molecule has 0 heterocycles. The Balaban J connectivity index is 1.93. The molecule has 0 bridgehead atoms. The molecule has 0 radical (unpaired) electrons. The largest absolute Gasteiger partial charge is 0.490 e. The lowest BCUT2D eigenvalue weighted by Gasteiger charge is -2.11. The molecule has 2 nitrogen and oxygen atoms in total. The van der Waals surface area contributed by atoms with Crippen molar-refractivity contribution in [2.75, 3.05) is 27.2 Å². The molecule has 0 spiro atoms. The van der Waals surface area contributed by atoms with Gasteiger partial charge in [0.05, 0.1) is 6.61 Å². The van der Waals surface area contributed by atoms with Crippen molar-refractivity contribution in [1.82, 2.24) is 4.90 Å². The van der Waals surface area contributed by atoms with Gasteiger partial charge in [-0.05, 0) is 43.8 Å². The van der Waals surface area contributed by atoms with E-state index in [1.807, 2.05) is 62.6 Å². The third-order valence-corrected chi connectivity index (χ3v) is 3.23. The number of benzene rings is 2. The summed E-state index contributed by atoms with van der Waals surface area (Å²) in [6.07, 6.45) is 4.74. The fourth-order valence-electron chi connectivity index (χ4n) is 2.06. The first-order chi connectivity index (χ1) is 10.6. The average Bonchev–Trinajstić information content (AvgIpc) is 2.52. The molecular formula is C19H22FNO. The van der Waals surface area contributed by atoms with Crippen molar-refractivity contribution < 1.29 is 9.13 Å². The molecule has 0 fully saturated rings. The van der Waals surface area contributed by atoms with E-state index in [1.165, 1.54) is 6.07 Å². The highest BCUT2D eigenvalue weighted by molar-refractivity contribution is 5.69. The summed E-state index contributed by atoms with van der Waals surface area (Å²) in [5.74, 6) is -0.00400. The second-order valence-electron chi connectivity index (χ2n) is 5.44. The third kappa shape index (κ3) is 5.34. The summed E-state index contributed by atoms with van der Waals surface area (Å²) in [5, 5.41) is 0. The van der Waals surface area contributed by atoms with Crippen LogP contribution in [-0.2, 0) is 0 Å². The lowest BCUT2D eigenvalue weighted by molar-refractivity contribution is 0.271. The van der Waals surface area contributed by atoms with Gasteiger partial charge >= 0.3 is 0 Å². The maximum absolute atomic E-state index is 14.0. The Morgan fingerprint density at radius 3 is 2.41 bits per heavy atom. The second kappa shape index (κ2) is 8.35. The predicted molar refractivity (Wildman–Crippen MR) is 90.4 cm³/mol. The van der Waals surface area contributed by atoms with Crippen molar-refractivity contribution in [3.63, 3.8) is 0 Å². The van der Waals surface area contributed by atoms with E-state index < -0.39 is 0 Å². The molecule has 0 N–H and O–H groups in total. The molecule has 2 aromatic carbocycles. The predicted octanol–water partition coefficient (Wildman–Crippen LogP) is 4.33. The van der Waals surface area contributed by atoms with Gasteiger partial charge in [0, 0.05) is 6.54 Å². The highest BCUT2D eigenvalue weighted by atomic mass is 19.1. The molecule has 0 unspecified atom stereocenters. The molecule has 2 rings (SSSR count). The summed E-state index contributed by atoms with van der Waals surface area (Å²) in [4.78, 5) is 2.08. The lowest BCUT2D eigenvalue weighted by Crippen LogP contribution is -2.15. The number of nitrogens with zero attached hydrogens (tertiary/aromatic N) is 1. The van der Waals surface area contributed by atoms with E-state index in [0.717, 1.165) is 24.1 Å². The van der Waals surface area contributed by atoms with E-state index in [2.05, 4.69) is 4.90 Å². The van der Waals surface area contributed by atoms with Gasteiger partial charge in [-0.25, -0.2) is 4.39 Å². The van der Waals surface area contributed by atoms with Crippen LogP contribution in [0.25, 0.3) is 12.2 Å². The average molecular weight is 299 g/mol. The molecule has 0 saturated carbocycles. The fourth-order valence-corrected chi connectivity index (χ4v) is 2.06. The topological polar surface area (TPSA) is 12.5 Å². The molecule has 0 aliphatic heterocycles. The number of rotatable bonds is 7. The monoisotopic (exact) mass is 299 g/mol. The summed E-state index contributed by atoms with van der Waals surface area (Å²) in [6.45, 7) is 1.45. The molecule has 0 amide bonds. The molecule has 0 aliphatic carbocycles. The van der Waals surface area contributed by atoms with Gasteiger partial charge in [0.15, 0.2) is 11.6 Å². The van der Waals surface area contributed by atoms with Crippen molar-refractivity contribution in [2.24, 2.45) is 0 Å². The maximum atomic E-state index is 14.0. The minimum atomic E-state index is -0.319. The summed E-state index contributed by atoms with van der Waals surface area (Å²) < 4.78 is 19.5. The van der Waals surface area contributed by atoms with Crippen LogP contribution in [0.1, 0.15) is 17.5 Å². The highest BCUT2D eigenvalue weighted by Crippen LogP contribution is 2.20. The van der Waals surface area contributed by atoms with Gasteiger partial charge in [-0.3, -0.25) is 0 Å². The van der Waals surface area contributed by atoms with Gasteiger partial charge in [-0.2, -0.15) is 0 Å². The summed E-state index contributed by atoms with van der Waals surface area (Å²) in [6, 6.07) is 15.0. The summed E-state index contributed by atoms with van der Waals surface area (Å²) >= 11 is 0. The zero-order valence-electron chi connectivity index (χ0n) is 13.1. The standard InChI is InChI=1S/C19H22FNO/c1-21(2)13-6-14-22-19-12-11-17(15-18(19)20)10-9-16-7-4-3-5-8-16/h3-5,7-12,15H,6,13-14H2,1-2H3/b10-9+. The summed E-state index contributed by atoms with van der Waals surface area (Å²) in [7, 11) is 4.02. The Morgan fingerprint density at radius 1 is 1.00 bits per heavy atom. The van der Waals surface area contributed by atoms with Gasteiger partial charge in [-0.15, -0.1) is 0 Å². The van der Waals surface area contributed by atoms with Crippen molar-refractivity contribution in [3.8, 4) is 5.75 Å². The first-order valence-electron chi connectivity index (χ1n) is 7.45. The van der Waals surface area contributed by atoms with Gasteiger partial charge in [-0.1, -0.05) is 48.6 Å². The third-order valence-electron chi connectivity index (χ3n) is 3.23. The van der Waals surface area contributed by atoms with Gasteiger partial charge < -0.3 is 9.64 Å². The molecule has 22 heavy (non-hydrogen) atoms. The van der Waals surface area contributed by atoms with Crippen LogP contribution < -0.4 is 4.74 Å². The van der Waals surface area contributed by atoms with Crippen molar-refractivity contribution >= 4 is 12.2 Å². The molecular weight excluding hydrogens is 277 g/mol. The number of ether oxygens (including phenoxy) is 1. The SMILES string of the molecule is CN(C)CCCOc1ccc(/C=C/c2ccccc2)cc1F. The summed E-state index contributed by atoms with van der Waals surface area (Å²) in [5.41, 5.74) is 1.91. The first kappa shape index (κ1) is 16.2. The first-order valence-corrected chi connectivity index (χ1v) is 7.45. The molecule has 0 aromatic heterocycles. The Morgan fingerprint density at radius 2 is 1.73 bits per heavy atom. The van der Waals surface area contributed by atoms with Crippen molar-refractivity contribution in [3.05, 3.63) is 65.5 Å². The molecule has 0 aliphatic rings. The lowest BCUT2D eigenvalue weighted by atomic mass is 10.1. The smallest absolute Gasteiger partial charge is 0.165 e. The van der Waals surface area contributed by atoms with Crippen LogP contribution in [0.4, 0.5) is 4.39 Å². The number of hydrogen-bond acceptors (Lipinski definition) is 2. The van der Waals surface area contributed by atoms with E-state index in [9.17, 15) is 4.39 Å². The normalized spacial score (nSPS) is 11.3. The van der Waals surface area contributed by atoms with E-state index in [0.29, 0.717) is 12.4 Å². The molecule has 0 atom stereocenters. The van der Waals surface area contributed by atoms with Crippen LogP contribution >= 0.6 is 0 Å². The van der Waals surface area contributed by atoms with Crippen molar-refractivity contribution in [1.29, 1.82) is 0 Å². The van der Waals surface area contributed by atoms with Crippen LogP contribution in [0.15, 0.2) is 48.5 Å². The molecule has 0 saturated heterocycles. The minimum absolute atomic E-state index is 0.315. The Hall–Kier alpha value is -2.13. The fraction of sp³-hybridized carbons (Fsp3) is 0.263. The molecule has 2 aromatic rings. The Bertz CT molecular complexity index is 608. The second-order valence-corrected chi connectivity index (χ2v) is 5.44. The van der Waals surface area contributed by atoms with E-state index >= 15 is 0 Å². The maximum Gasteiger partial charge on any atom is 0.165 e. The Labute approximate surface area is 131 Å². The van der Waals surface area contributed by atoms with Gasteiger partial charge in [0.2, 0.25) is 0 Å². The zero-order valence-corrected chi connectivity index (χ0v) is 13.1. The van der Waals surface area contributed by atoms with E-state index in [1.54, 1.807) is 6.07 Å². The van der Waals surface area contributed by atoms with Gasteiger partial charge in [0.1, 0.15) is 0 Å². The zero-order chi connectivity index (χ0) is 15.8. The van der Waals surface area contributed by atoms with Crippen molar-refractivity contribution in [2.45, 2.75) is 6.42 Å². The molecule has 116 valence electrons. The number of halogens is 1. The molecule has 3 heteroatoms. The van der Waals surface area contributed by atoms with Gasteiger partial charge in [0.25, 0.3) is 0 Å². The highest BCUT2D eigenvalue weighted by Gasteiger charge is 2.03. The van der Waals surface area contributed by atoms with Crippen LogP contribution in [0.2, 0.25) is 0 Å². The number of hydrogen-bond donors (Lipinski definition) is 0. The van der Waals surface area contributed by atoms with Crippen LogP contribution in [0.5, 0.6) is 5.75 Å².